The average Bonchev–Trinajstić information content (AvgIpc) is 2.59. The second-order valence-corrected chi connectivity index (χ2v) is 6.94. The van der Waals surface area contributed by atoms with Gasteiger partial charge in [-0.15, -0.1) is 0 Å². The summed E-state index contributed by atoms with van der Waals surface area (Å²) >= 11 is 8.28. The molecule has 1 aliphatic rings. The molecule has 0 radical (unpaired) electrons. The molecule has 0 spiro atoms. The summed E-state index contributed by atoms with van der Waals surface area (Å²) in [6.45, 7) is 6.77. The smallest absolute Gasteiger partial charge is 0.410 e. The minimum absolute atomic E-state index is 0.273. The molecule has 0 aliphatic carbocycles. The van der Waals surface area contributed by atoms with Crippen LogP contribution in [0.4, 0.5) is 4.79 Å². The van der Waals surface area contributed by atoms with Gasteiger partial charge in [0.1, 0.15) is 5.60 Å². The second kappa shape index (κ2) is 4.89. The lowest BCUT2D eigenvalue weighted by Crippen LogP contribution is -2.33. The van der Waals surface area contributed by atoms with Gasteiger partial charge in [0.15, 0.2) is 0 Å². The number of fused-ring (bicyclic) bond motifs is 1. The van der Waals surface area contributed by atoms with Gasteiger partial charge in [-0.25, -0.2) is 4.79 Å². The number of hydrogen-bond donors (Lipinski definition) is 0. The predicted octanol–water partition coefficient (Wildman–Crippen LogP) is 4.20. The first kappa shape index (κ1) is 13.9. The van der Waals surface area contributed by atoms with Gasteiger partial charge in [-0.2, -0.15) is 0 Å². The highest BCUT2D eigenvalue weighted by molar-refractivity contribution is 14.1. The summed E-state index contributed by atoms with van der Waals surface area (Å²) in [5.41, 5.74) is 1.79. The molecular formula is C13H15ClINO2. The molecule has 0 bridgehead atoms. The normalized spacial score (nSPS) is 14.6. The lowest BCUT2D eigenvalue weighted by molar-refractivity contribution is 0.0242. The van der Waals surface area contributed by atoms with Crippen molar-refractivity contribution in [3.05, 3.63) is 31.9 Å². The molecule has 0 N–H and O–H groups in total. The molecule has 1 aromatic rings. The van der Waals surface area contributed by atoms with Crippen LogP contribution in [-0.4, -0.2) is 16.6 Å². The molecule has 1 aliphatic heterocycles. The van der Waals surface area contributed by atoms with Gasteiger partial charge in [0, 0.05) is 16.7 Å². The fourth-order valence-electron chi connectivity index (χ4n) is 1.85. The van der Waals surface area contributed by atoms with E-state index in [0.717, 1.165) is 19.7 Å². The van der Waals surface area contributed by atoms with Crippen molar-refractivity contribution in [1.29, 1.82) is 0 Å². The zero-order chi connectivity index (χ0) is 13.5. The van der Waals surface area contributed by atoms with E-state index in [9.17, 15) is 4.79 Å². The quantitative estimate of drug-likeness (QED) is 0.633. The molecule has 2 rings (SSSR count). The summed E-state index contributed by atoms with van der Waals surface area (Å²) in [5, 5.41) is 0.736. The average molecular weight is 380 g/mol. The molecule has 1 aromatic carbocycles. The summed E-state index contributed by atoms with van der Waals surface area (Å²) in [7, 11) is 0. The van der Waals surface area contributed by atoms with Crippen molar-refractivity contribution >= 4 is 40.3 Å². The number of hydrogen-bond acceptors (Lipinski definition) is 2. The minimum Gasteiger partial charge on any atom is -0.444 e. The molecule has 3 nitrogen and oxygen atoms in total. The van der Waals surface area contributed by atoms with Crippen LogP contribution in [0.25, 0.3) is 0 Å². The second-order valence-electron chi connectivity index (χ2n) is 5.37. The Morgan fingerprint density at radius 3 is 2.44 bits per heavy atom. The molecule has 1 amide bonds. The fraction of sp³-hybridized carbons (Fsp3) is 0.462. The van der Waals surface area contributed by atoms with E-state index in [4.69, 9.17) is 16.3 Å². The number of amides is 1. The molecule has 0 atom stereocenters. The zero-order valence-electron chi connectivity index (χ0n) is 10.6. The van der Waals surface area contributed by atoms with Crippen molar-refractivity contribution < 1.29 is 9.53 Å². The highest BCUT2D eigenvalue weighted by atomic mass is 127. The molecule has 0 unspecified atom stereocenters. The molecule has 18 heavy (non-hydrogen) atoms. The number of carbonyl (C=O) groups is 1. The maximum atomic E-state index is 12.0. The molecule has 0 aromatic heterocycles. The van der Waals surface area contributed by atoms with Gasteiger partial charge < -0.3 is 4.74 Å². The van der Waals surface area contributed by atoms with Gasteiger partial charge in [-0.05, 0) is 66.6 Å². The predicted molar refractivity (Wildman–Crippen MR) is 79.7 cm³/mol. The Morgan fingerprint density at radius 2 is 1.89 bits per heavy atom. The van der Waals surface area contributed by atoms with Crippen LogP contribution in [-0.2, 0) is 17.8 Å². The van der Waals surface area contributed by atoms with Crippen LogP contribution in [0.1, 0.15) is 31.9 Å². The maximum Gasteiger partial charge on any atom is 0.410 e. The molecule has 0 saturated carbocycles. The van der Waals surface area contributed by atoms with Crippen molar-refractivity contribution in [3.8, 4) is 0 Å². The van der Waals surface area contributed by atoms with E-state index < -0.39 is 5.60 Å². The first-order valence-electron chi connectivity index (χ1n) is 5.71. The number of rotatable bonds is 0. The van der Waals surface area contributed by atoms with E-state index in [2.05, 4.69) is 22.6 Å². The zero-order valence-corrected chi connectivity index (χ0v) is 13.5. The summed E-state index contributed by atoms with van der Waals surface area (Å²) < 4.78 is 6.38. The SMILES string of the molecule is CC(C)(C)OC(=O)N1Cc2cc(Cl)c(I)cc2C1. The van der Waals surface area contributed by atoms with E-state index in [-0.39, 0.29) is 6.09 Å². The van der Waals surface area contributed by atoms with Crippen molar-refractivity contribution in [2.24, 2.45) is 0 Å². The van der Waals surface area contributed by atoms with Crippen LogP contribution in [0, 0.1) is 3.57 Å². The lowest BCUT2D eigenvalue weighted by atomic mass is 10.1. The third-order valence-corrected chi connectivity index (χ3v) is 4.14. The van der Waals surface area contributed by atoms with Crippen LogP contribution >= 0.6 is 34.2 Å². The number of ether oxygens (including phenoxy) is 1. The molecular weight excluding hydrogens is 365 g/mol. The van der Waals surface area contributed by atoms with E-state index in [1.165, 1.54) is 0 Å². The Kier molecular flexibility index (Phi) is 3.78. The van der Waals surface area contributed by atoms with E-state index in [1.54, 1.807) is 4.90 Å². The van der Waals surface area contributed by atoms with Crippen LogP contribution in [0.5, 0.6) is 0 Å². The van der Waals surface area contributed by atoms with Gasteiger partial charge in [0.05, 0.1) is 5.02 Å². The van der Waals surface area contributed by atoms with E-state index in [1.807, 2.05) is 32.9 Å². The summed E-state index contributed by atoms with van der Waals surface area (Å²) in [6.07, 6.45) is -0.273. The monoisotopic (exact) mass is 379 g/mol. The number of nitrogens with zero attached hydrogens (tertiary/aromatic N) is 1. The molecule has 98 valence electrons. The first-order chi connectivity index (χ1) is 8.26. The van der Waals surface area contributed by atoms with Gasteiger partial charge in [-0.1, -0.05) is 11.6 Å². The van der Waals surface area contributed by atoms with Gasteiger partial charge in [0.2, 0.25) is 0 Å². The van der Waals surface area contributed by atoms with Crippen molar-refractivity contribution in [1.82, 2.24) is 4.90 Å². The molecule has 1 heterocycles. The number of carbonyl (C=O) groups excluding carboxylic acids is 1. The highest BCUT2D eigenvalue weighted by Crippen LogP contribution is 2.30. The Morgan fingerprint density at radius 1 is 1.33 bits per heavy atom. The fourth-order valence-corrected chi connectivity index (χ4v) is 2.56. The van der Waals surface area contributed by atoms with Crippen LogP contribution in [0.15, 0.2) is 12.1 Å². The van der Waals surface area contributed by atoms with Crippen LogP contribution in [0.2, 0.25) is 5.02 Å². The number of halogens is 2. The Hall–Kier alpha value is -0.490. The van der Waals surface area contributed by atoms with Gasteiger partial charge in [0.25, 0.3) is 0 Å². The Balaban J connectivity index is 2.13. The van der Waals surface area contributed by atoms with E-state index in [0.29, 0.717) is 13.1 Å². The third-order valence-electron chi connectivity index (χ3n) is 2.62. The number of benzene rings is 1. The van der Waals surface area contributed by atoms with Crippen molar-refractivity contribution in [2.75, 3.05) is 0 Å². The summed E-state index contributed by atoms with van der Waals surface area (Å²) in [4.78, 5) is 13.7. The largest absolute Gasteiger partial charge is 0.444 e. The van der Waals surface area contributed by atoms with E-state index >= 15 is 0 Å². The minimum atomic E-state index is -0.460. The lowest BCUT2D eigenvalue weighted by Gasteiger charge is -2.24. The third kappa shape index (κ3) is 3.09. The summed E-state index contributed by atoms with van der Waals surface area (Å²) in [5.74, 6) is 0. The van der Waals surface area contributed by atoms with Gasteiger partial charge in [-0.3, -0.25) is 4.90 Å². The Bertz CT molecular complexity index is 465. The molecule has 5 heteroatoms. The standard InChI is InChI=1S/C13H15ClINO2/c1-13(2,3)18-12(17)16-6-8-4-10(14)11(15)5-9(8)7-16/h4-5H,6-7H2,1-3H3. The Labute approximate surface area is 126 Å². The first-order valence-corrected chi connectivity index (χ1v) is 7.16. The van der Waals surface area contributed by atoms with Gasteiger partial charge >= 0.3 is 6.09 Å². The topological polar surface area (TPSA) is 29.5 Å². The van der Waals surface area contributed by atoms with Crippen LogP contribution < -0.4 is 0 Å². The van der Waals surface area contributed by atoms with Crippen molar-refractivity contribution in [2.45, 2.75) is 39.5 Å². The highest BCUT2D eigenvalue weighted by Gasteiger charge is 2.28. The molecule has 0 saturated heterocycles. The molecule has 0 fully saturated rings. The van der Waals surface area contributed by atoms with Crippen LogP contribution in [0.3, 0.4) is 0 Å². The maximum absolute atomic E-state index is 12.0. The van der Waals surface area contributed by atoms with Crippen molar-refractivity contribution in [3.63, 3.8) is 0 Å². The summed E-state index contributed by atoms with van der Waals surface area (Å²) in [6, 6.07) is 3.96.